The largest absolute Gasteiger partial charge is 0.467 e. The summed E-state index contributed by atoms with van der Waals surface area (Å²) >= 11 is 0. The van der Waals surface area contributed by atoms with Crippen molar-refractivity contribution < 1.29 is 9.53 Å². The van der Waals surface area contributed by atoms with Gasteiger partial charge in [-0.1, -0.05) is 20.8 Å². The minimum atomic E-state index is -0.223. The van der Waals surface area contributed by atoms with Gasteiger partial charge in [0.05, 0.1) is 0 Å². The summed E-state index contributed by atoms with van der Waals surface area (Å²) in [6.45, 7) is 6.52. The van der Waals surface area contributed by atoms with Crippen LogP contribution in [-0.4, -0.2) is 24.0 Å². The molecule has 0 aliphatic rings. The van der Waals surface area contributed by atoms with Gasteiger partial charge in [0.25, 0.3) is 5.91 Å². The smallest absolute Gasteiger partial charge is 0.258 e. The highest BCUT2D eigenvalue weighted by molar-refractivity contribution is 5.77. The number of aromatic nitrogens is 1. The number of amides is 1. The van der Waals surface area contributed by atoms with Crippen LogP contribution in [0.4, 0.5) is 0 Å². The first kappa shape index (κ1) is 14.0. The van der Waals surface area contributed by atoms with Crippen molar-refractivity contribution in [1.82, 2.24) is 10.3 Å². The molecule has 1 rings (SSSR count). The maximum absolute atomic E-state index is 11.5. The van der Waals surface area contributed by atoms with Crippen LogP contribution < -0.4 is 10.1 Å². The lowest BCUT2D eigenvalue weighted by Crippen LogP contribution is -2.35. The van der Waals surface area contributed by atoms with Crippen molar-refractivity contribution in [2.75, 3.05) is 13.2 Å². The van der Waals surface area contributed by atoms with Crippen LogP contribution in [0.25, 0.3) is 0 Å². The zero-order valence-corrected chi connectivity index (χ0v) is 10.9. The zero-order valence-electron chi connectivity index (χ0n) is 10.9. The number of carbonyl (C=O) groups excluding carboxylic acids is 1. The van der Waals surface area contributed by atoms with E-state index in [1.54, 1.807) is 12.1 Å². The number of hydrogen-bond acceptors (Lipinski definition) is 4. The van der Waals surface area contributed by atoms with Crippen LogP contribution >= 0.6 is 0 Å². The maximum atomic E-state index is 11.5. The Hall–Kier alpha value is -2.09. The van der Waals surface area contributed by atoms with Crippen molar-refractivity contribution in [3.8, 4) is 11.9 Å². The molecule has 0 atom stereocenters. The summed E-state index contributed by atoms with van der Waals surface area (Å²) in [7, 11) is 0. The molecule has 1 amide bonds. The van der Waals surface area contributed by atoms with E-state index in [1.165, 1.54) is 6.20 Å². The average molecular weight is 247 g/mol. The number of ether oxygens (including phenoxy) is 1. The summed E-state index contributed by atoms with van der Waals surface area (Å²) in [6.07, 6.45) is 1.52. The third-order valence-electron chi connectivity index (χ3n) is 2.05. The molecular formula is C13H17N3O2. The summed E-state index contributed by atoms with van der Waals surface area (Å²) in [5.41, 5.74) is 0.347. The first-order chi connectivity index (χ1) is 8.42. The first-order valence-electron chi connectivity index (χ1n) is 5.67. The van der Waals surface area contributed by atoms with Crippen LogP contribution in [-0.2, 0) is 4.79 Å². The van der Waals surface area contributed by atoms with Gasteiger partial charge in [-0.15, -0.1) is 0 Å². The fraction of sp³-hybridized carbons (Fsp3) is 0.462. The molecule has 1 aromatic rings. The van der Waals surface area contributed by atoms with E-state index in [0.29, 0.717) is 12.1 Å². The van der Waals surface area contributed by atoms with Gasteiger partial charge in [-0.2, -0.15) is 5.26 Å². The summed E-state index contributed by atoms with van der Waals surface area (Å²) < 4.78 is 5.21. The van der Waals surface area contributed by atoms with Gasteiger partial charge in [-0.3, -0.25) is 4.79 Å². The zero-order chi connectivity index (χ0) is 13.6. The lowest BCUT2D eigenvalue weighted by molar-refractivity contribution is -0.123. The van der Waals surface area contributed by atoms with Gasteiger partial charge >= 0.3 is 0 Å². The number of carbonyl (C=O) groups is 1. The molecule has 0 fully saturated rings. The van der Waals surface area contributed by atoms with Gasteiger partial charge < -0.3 is 10.1 Å². The highest BCUT2D eigenvalue weighted by Gasteiger charge is 2.13. The summed E-state index contributed by atoms with van der Waals surface area (Å²) in [5.74, 6) is -0.0367. The van der Waals surface area contributed by atoms with Gasteiger partial charge in [0, 0.05) is 12.7 Å². The van der Waals surface area contributed by atoms with E-state index in [2.05, 4.69) is 10.3 Å². The second-order valence-corrected chi connectivity index (χ2v) is 5.09. The van der Waals surface area contributed by atoms with E-state index < -0.39 is 0 Å². The molecule has 0 saturated carbocycles. The molecule has 0 aliphatic heterocycles. The molecule has 0 aliphatic carbocycles. The van der Waals surface area contributed by atoms with E-state index >= 15 is 0 Å². The van der Waals surface area contributed by atoms with Crippen LogP contribution in [0.2, 0.25) is 0 Å². The van der Waals surface area contributed by atoms with Crippen molar-refractivity contribution >= 4 is 5.91 Å². The molecule has 18 heavy (non-hydrogen) atoms. The Morgan fingerprint density at radius 3 is 2.89 bits per heavy atom. The number of nitrogens with one attached hydrogen (secondary N) is 1. The molecule has 0 radical (unpaired) electrons. The number of hydrogen-bond donors (Lipinski definition) is 1. The highest BCUT2D eigenvalue weighted by Crippen LogP contribution is 2.12. The molecule has 0 saturated heterocycles. The van der Waals surface area contributed by atoms with Crippen LogP contribution in [0.15, 0.2) is 18.3 Å². The average Bonchev–Trinajstić information content (AvgIpc) is 2.33. The minimum Gasteiger partial charge on any atom is -0.467 e. The number of rotatable bonds is 4. The minimum absolute atomic E-state index is 0.0263. The molecule has 0 unspecified atom stereocenters. The molecule has 1 heterocycles. The van der Waals surface area contributed by atoms with Gasteiger partial charge in [0.2, 0.25) is 5.88 Å². The van der Waals surface area contributed by atoms with E-state index in [1.807, 2.05) is 26.8 Å². The van der Waals surface area contributed by atoms with Crippen molar-refractivity contribution in [2.24, 2.45) is 5.41 Å². The predicted octanol–water partition coefficient (Wildman–Crippen LogP) is 1.49. The molecule has 0 bridgehead atoms. The third-order valence-corrected chi connectivity index (χ3v) is 2.05. The topological polar surface area (TPSA) is 75.0 Å². The van der Waals surface area contributed by atoms with Crippen LogP contribution in [0.3, 0.4) is 0 Å². The Bertz CT molecular complexity index is 458. The summed E-state index contributed by atoms with van der Waals surface area (Å²) in [5, 5.41) is 11.6. The van der Waals surface area contributed by atoms with E-state index in [4.69, 9.17) is 10.00 Å². The first-order valence-corrected chi connectivity index (χ1v) is 5.67. The monoisotopic (exact) mass is 247 g/mol. The second kappa shape index (κ2) is 6.01. The van der Waals surface area contributed by atoms with Gasteiger partial charge in [-0.05, 0) is 17.5 Å². The second-order valence-electron chi connectivity index (χ2n) is 5.09. The van der Waals surface area contributed by atoms with E-state index in [-0.39, 0.29) is 23.8 Å². The molecule has 5 nitrogen and oxygen atoms in total. The van der Waals surface area contributed by atoms with Crippen molar-refractivity contribution in [2.45, 2.75) is 20.8 Å². The Labute approximate surface area is 107 Å². The molecule has 0 aromatic carbocycles. The lowest BCUT2D eigenvalue weighted by atomic mass is 9.97. The van der Waals surface area contributed by atoms with Crippen molar-refractivity contribution in [3.05, 3.63) is 23.9 Å². The third kappa shape index (κ3) is 4.83. The molecule has 0 spiro atoms. The van der Waals surface area contributed by atoms with Crippen LogP contribution in [0, 0.1) is 16.7 Å². The maximum Gasteiger partial charge on any atom is 0.258 e. The van der Waals surface area contributed by atoms with Gasteiger partial charge in [0.15, 0.2) is 6.61 Å². The molecule has 5 heteroatoms. The Kier molecular flexibility index (Phi) is 4.67. The fourth-order valence-corrected chi connectivity index (χ4v) is 1.14. The van der Waals surface area contributed by atoms with Gasteiger partial charge in [0.1, 0.15) is 11.6 Å². The molecule has 1 aromatic heterocycles. The normalized spacial score (nSPS) is 10.6. The predicted molar refractivity (Wildman–Crippen MR) is 66.9 cm³/mol. The number of nitrogens with zero attached hydrogens (tertiary/aromatic N) is 2. The lowest BCUT2D eigenvalue weighted by Gasteiger charge is -2.18. The molecule has 1 N–H and O–H groups in total. The SMILES string of the molecule is CC(C)(C)CNC(=O)COc1ncccc1C#N. The van der Waals surface area contributed by atoms with Gasteiger partial charge in [-0.25, -0.2) is 4.98 Å². The van der Waals surface area contributed by atoms with E-state index in [9.17, 15) is 4.79 Å². The summed E-state index contributed by atoms with van der Waals surface area (Å²) in [6, 6.07) is 5.19. The molecule has 96 valence electrons. The number of nitriles is 1. The van der Waals surface area contributed by atoms with Crippen molar-refractivity contribution in [1.29, 1.82) is 5.26 Å². The summed E-state index contributed by atoms with van der Waals surface area (Å²) in [4.78, 5) is 15.4. The standard InChI is InChI=1S/C13H17N3O2/c1-13(2,3)9-16-11(17)8-18-12-10(7-14)5-4-6-15-12/h4-6H,8-9H2,1-3H3,(H,16,17). The Balaban J connectivity index is 2.46. The van der Waals surface area contributed by atoms with E-state index in [0.717, 1.165) is 0 Å². The van der Waals surface area contributed by atoms with Crippen molar-refractivity contribution in [3.63, 3.8) is 0 Å². The molecular weight excluding hydrogens is 230 g/mol. The number of pyridine rings is 1. The fourth-order valence-electron chi connectivity index (χ4n) is 1.14. The van der Waals surface area contributed by atoms with Crippen LogP contribution in [0.1, 0.15) is 26.3 Å². The Morgan fingerprint density at radius 1 is 1.56 bits per heavy atom. The Morgan fingerprint density at radius 2 is 2.28 bits per heavy atom. The van der Waals surface area contributed by atoms with Crippen LogP contribution in [0.5, 0.6) is 5.88 Å². The highest BCUT2D eigenvalue weighted by atomic mass is 16.5. The quantitative estimate of drug-likeness (QED) is 0.874.